The first-order valence-corrected chi connectivity index (χ1v) is 13.3. The summed E-state index contributed by atoms with van der Waals surface area (Å²) in [6.07, 6.45) is 5.20. The number of rotatable bonds is 4. The van der Waals surface area contributed by atoms with Crippen molar-refractivity contribution in [2.24, 2.45) is 0 Å². The molecule has 1 radical (unpaired) electrons. The van der Waals surface area contributed by atoms with Gasteiger partial charge in [0.1, 0.15) is 0 Å². The molecule has 0 aromatic heterocycles. The molecule has 0 spiro atoms. The average Bonchev–Trinajstić information content (AvgIpc) is 2.51. The monoisotopic (exact) mass is 343 g/mol. The van der Waals surface area contributed by atoms with Gasteiger partial charge in [-0.15, -0.1) is 0 Å². The Hall–Kier alpha value is 0.350. The van der Waals surface area contributed by atoms with Crippen molar-refractivity contribution < 1.29 is 17.3 Å². The third-order valence-corrected chi connectivity index (χ3v) is 7.23. The van der Waals surface area contributed by atoms with Gasteiger partial charge in [0.05, 0.1) is 0 Å². The summed E-state index contributed by atoms with van der Waals surface area (Å²) in [4.78, 5) is 0. The molecule has 0 saturated carbocycles. The van der Waals surface area contributed by atoms with E-state index in [1.54, 1.807) is 17.7 Å². The molecule has 1 aliphatic rings. The van der Waals surface area contributed by atoms with Gasteiger partial charge in [-0.3, -0.25) is 0 Å². The Morgan fingerprint density at radius 3 is 2.26 bits per heavy atom. The van der Waals surface area contributed by atoms with E-state index in [2.05, 4.69) is 38.1 Å². The summed E-state index contributed by atoms with van der Waals surface area (Å²) in [7, 11) is 4.80. The molecule has 101 valence electrons. The van der Waals surface area contributed by atoms with Gasteiger partial charge in [0, 0.05) is 8.80 Å². The van der Waals surface area contributed by atoms with Crippen LogP contribution in [-0.4, -0.2) is 8.80 Å². The van der Waals surface area contributed by atoms with Crippen LogP contribution >= 0.6 is 9.69 Å². The van der Waals surface area contributed by atoms with Crippen molar-refractivity contribution >= 4 is 18.5 Å². The average molecular weight is 345 g/mol. The van der Waals surface area contributed by atoms with Crippen molar-refractivity contribution in [3.05, 3.63) is 42.3 Å². The molecule has 19 heavy (non-hydrogen) atoms. The van der Waals surface area contributed by atoms with E-state index < -0.39 is 0 Å². The molecule has 0 atom stereocenters. The van der Waals surface area contributed by atoms with Crippen LogP contribution in [0.4, 0.5) is 0 Å². The van der Waals surface area contributed by atoms with Gasteiger partial charge in [-0.05, 0) is 24.3 Å². The van der Waals surface area contributed by atoms with Gasteiger partial charge in [-0.25, -0.2) is 0 Å². The quantitative estimate of drug-likeness (QED) is 0.497. The summed E-state index contributed by atoms with van der Waals surface area (Å²) >= 11 is 0.847. The molecule has 1 aromatic rings. The Morgan fingerprint density at radius 1 is 1.21 bits per heavy atom. The third-order valence-electron chi connectivity index (χ3n) is 4.04. The van der Waals surface area contributed by atoms with E-state index in [0.29, 0.717) is 0 Å². The molecule has 0 amide bonds. The first-order valence-electron chi connectivity index (χ1n) is 7.32. The minimum absolute atomic E-state index is 0.0389. The zero-order chi connectivity index (χ0) is 14.1. The Kier molecular flexibility index (Phi) is 9.28. The number of hydrogen-bond acceptors (Lipinski definition) is 0. The fourth-order valence-corrected chi connectivity index (χ4v) is 5.89. The van der Waals surface area contributed by atoms with Crippen LogP contribution < -0.4 is 0 Å². The predicted octanol–water partition coefficient (Wildman–Crippen LogP) is 5.53. The number of benzene rings is 1. The summed E-state index contributed by atoms with van der Waals surface area (Å²) < 4.78 is 0. The van der Waals surface area contributed by atoms with Crippen LogP contribution in [0.15, 0.2) is 24.3 Å². The fraction of sp³-hybridized carbons (Fsp3) is 0.562. The van der Waals surface area contributed by atoms with Crippen LogP contribution in [0, 0.1) is 6.92 Å². The van der Waals surface area contributed by atoms with Crippen LogP contribution in [0.3, 0.4) is 0 Å². The Bertz CT molecular complexity index is 331. The van der Waals surface area contributed by atoms with Gasteiger partial charge in [0.15, 0.2) is 0 Å². The van der Waals surface area contributed by atoms with E-state index in [9.17, 15) is 0 Å². The van der Waals surface area contributed by atoms with E-state index in [1.807, 2.05) is 0 Å². The Morgan fingerprint density at radius 2 is 1.79 bits per heavy atom. The van der Waals surface area contributed by atoms with Crippen molar-refractivity contribution in [2.45, 2.75) is 56.7 Å². The topological polar surface area (TPSA) is 0 Å². The van der Waals surface area contributed by atoms with E-state index in [1.165, 1.54) is 30.9 Å². The third kappa shape index (κ3) is 5.69. The first-order chi connectivity index (χ1) is 9.33. The molecule has 2 rings (SSSR count). The number of hydrogen-bond donors (Lipinski definition) is 0. The predicted molar refractivity (Wildman–Crippen MR) is 83.8 cm³/mol. The minimum atomic E-state index is 0.0389. The second-order valence-electron chi connectivity index (χ2n) is 5.27. The van der Waals surface area contributed by atoms with Crippen LogP contribution in [0.25, 0.3) is 0 Å². The molecular weight excluding hydrogens is 321 g/mol. The van der Waals surface area contributed by atoms with E-state index in [0.717, 1.165) is 29.7 Å². The van der Waals surface area contributed by atoms with E-state index in [-0.39, 0.29) is 8.80 Å². The fourth-order valence-electron chi connectivity index (χ4n) is 2.92. The molecule has 0 N–H and O–H groups in total. The van der Waals surface area contributed by atoms with Gasteiger partial charge in [-0.1, -0.05) is 61.3 Å². The Balaban J connectivity index is 0.000000861. The summed E-state index contributed by atoms with van der Waals surface area (Å²) in [5.74, 6) is 0.847. The van der Waals surface area contributed by atoms with Crippen molar-refractivity contribution in [1.82, 2.24) is 0 Å². The van der Waals surface area contributed by atoms with Gasteiger partial charge < -0.3 is 6.92 Å². The molecule has 3 heteroatoms. The van der Waals surface area contributed by atoms with Crippen LogP contribution in [0.1, 0.15) is 43.2 Å². The number of halogens is 1. The first kappa shape index (κ1) is 17.4. The second-order valence-corrected chi connectivity index (χ2v) is 8.27. The van der Waals surface area contributed by atoms with E-state index in [4.69, 9.17) is 9.69 Å². The molecule has 0 aliphatic carbocycles. The van der Waals surface area contributed by atoms with Gasteiger partial charge >= 0.3 is 27.0 Å². The molecule has 1 aromatic carbocycles. The van der Waals surface area contributed by atoms with Crippen LogP contribution in [0.2, 0.25) is 18.1 Å². The van der Waals surface area contributed by atoms with Crippen molar-refractivity contribution in [1.29, 1.82) is 0 Å². The second kappa shape index (κ2) is 10.1. The van der Waals surface area contributed by atoms with Gasteiger partial charge in [0.2, 0.25) is 0 Å². The maximum atomic E-state index is 4.76. The summed E-state index contributed by atoms with van der Waals surface area (Å²) in [5.41, 5.74) is 2.93. The van der Waals surface area contributed by atoms with E-state index >= 15 is 0 Å². The maximum absolute atomic E-state index is 4.76. The van der Waals surface area contributed by atoms with Gasteiger partial charge in [0.25, 0.3) is 0 Å². The SMILES string of the molecule is [CH2-]Cc1ccc(C2CC[Si](CCC)CC2)cc1.[Cl][Zn+]. The van der Waals surface area contributed by atoms with Crippen molar-refractivity contribution in [2.75, 3.05) is 0 Å². The standard InChI is InChI=1S/C16H24Si.ClH.Zn/c1-3-11-17-12-9-16(10-13-17)15-7-5-14(4-2)6-8-15;;/h5-8,16H,2-4,9-13H2,1H3;1H;/q-1;;+2/p-1. The van der Waals surface area contributed by atoms with Crippen molar-refractivity contribution in [3.63, 3.8) is 0 Å². The summed E-state index contributed by atoms with van der Waals surface area (Å²) in [5, 5.41) is 0. The normalized spacial score (nSPS) is 16.9. The zero-order valence-corrected chi connectivity index (χ0v) is 16.9. The van der Waals surface area contributed by atoms with Gasteiger partial charge in [-0.2, -0.15) is 6.42 Å². The molecule has 1 heterocycles. The molecular formula is C16H24ClSiZn. The molecule has 1 fully saturated rings. The summed E-state index contributed by atoms with van der Waals surface area (Å²) in [6, 6.07) is 13.8. The molecule has 1 saturated heterocycles. The van der Waals surface area contributed by atoms with Crippen LogP contribution in [0.5, 0.6) is 0 Å². The van der Waals surface area contributed by atoms with Crippen LogP contribution in [-0.2, 0) is 23.7 Å². The summed E-state index contributed by atoms with van der Waals surface area (Å²) in [6.45, 7) is 6.27. The Labute approximate surface area is 134 Å². The zero-order valence-electron chi connectivity index (χ0n) is 12.1. The molecule has 1 aliphatic heterocycles. The molecule has 0 nitrogen and oxygen atoms in total. The molecule has 0 unspecified atom stereocenters. The van der Waals surface area contributed by atoms with Crippen molar-refractivity contribution in [3.8, 4) is 0 Å². The molecule has 0 bridgehead atoms.